The minimum Gasteiger partial charge on any atom is -0.372 e. The first-order chi connectivity index (χ1) is 11.3. The maximum Gasteiger partial charge on any atom is 0.187 e. The zero-order valence-electron chi connectivity index (χ0n) is 13.5. The number of hydrogen-bond donors (Lipinski definition) is 1. The van der Waals surface area contributed by atoms with Crippen molar-refractivity contribution in [3.8, 4) is 11.3 Å². The van der Waals surface area contributed by atoms with Gasteiger partial charge in [-0.15, -0.1) is 11.3 Å². The molecule has 0 aliphatic rings. The van der Waals surface area contributed by atoms with Crippen LogP contribution in [0.2, 0.25) is 0 Å². The molecule has 0 saturated carbocycles. The van der Waals surface area contributed by atoms with Crippen molar-refractivity contribution in [3.63, 3.8) is 0 Å². The molecule has 3 nitrogen and oxygen atoms in total. The molecule has 4 heteroatoms. The van der Waals surface area contributed by atoms with E-state index in [-0.39, 0.29) is 0 Å². The molecular weight excluding hydrogens is 302 g/mol. The lowest BCUT2D eigenvalue weighted by molar-refractivity contribution is 0.866. The van der Waals surface area contributed by atoms with Gasteiger partial charge in [-0.05, 0) is 38.1 Å². The Bertz CT molecular complexity index is 731. The van der Waals surface area contributed by atoms with Crippen molar-refractivity contribution >= 4 is 27.8 Å². The van der Waals surface area contributed by atoms with Crippen LogP contribution in [0.25, 0.3) is 11.3 Å². The van der Waals surface area contributed by atoms with Crippen LogP contribution in [0.3, 0.4) is 0 Å². The molecule has 3 rings (SSSR count). The summed E-state index contributed by atoms with van der Waals surface area (Å²) >= 11 is 1.63. The van der Waals surface area contributed by atoms with Gasteiger partial charge in [0, 0.05) is 35.4 Å². The average Bonchev–Trinajstić information content (AvgIpc) is 3.06. The molecule has 0 aliphatic carbocycles. The van der Waals surface area contributed by atoms with Crippen molar-refractivity contribution in [2.75, 3.05) is 23.3 Å². The van der Waals surface area contributed by atoms with Crippen LogP contribution < -0.4 is 10.2 Å². The minimum absolute atomic E-state index is 0.916. The van der Waals surface area contributed by atoms with Gasteiger partial charge in [-0.2, -0.15) is 0 Å². The highest BCUT2D eigenvalue weighted by Crippen LogP contribution is 2.28. The molecule has 0 atom stereocenters. The number of para-hydroxylation sites is 1. The Morgan fingerprint density at radius 2 is 1.65 bits per heavy atom. The summed E-state index contributed by atoms with van der Waals surface area (Å²) < 4.78 is 0. The fourth-order valence-electron chi connectivity index (χ4n) is 2.54. The number of aromatic nitrogens is 1. The molecule has 0 bridgehead atoms. The van der Waals surface area contributed by atoms with Crippen molar-refractivity contribution in [3.05, 3.63) is 60.0 Å². The van der Waals surface area contributed by atoms with E-state index in [2.05, 4.69) is 58.7 Å². The zero-order valence-corrected chi connectivity index (χ0v) is 14.3. The fraction of sp³-hybridized carbons (Fsp3) is 0.211. The van der Waals surface area contributed by atoms with E-state index in [1.54, 1.807) is 11.3 Å². The Labute approximate surface area is 141 Å². The van der Waals surface area contributed by atoms with Crippen LogP contribution in [0.4, 0.5) is 16.5 Å². The number of benzene rings is 2. The van der Waals surface area contributed by atoms with Gasteiger partial charge in [0.1, 0.15) is 0 Å². The minimum atomic E-state index is 0.916. The number of nitrogens with one attached hydrogen (secondary N) is 1. The predicted octanol–water partition coefficient (Wildman–Crippen LogP) is 5.40. The first kappa shape index (κ1) is 15.6. The molecule has 2 aromatic carbocycles. The Morgan fingerprint density at radius 1 is 0.957 bits per heavy atom. The van der Waals surface area contributed by atoms with Gasteiger partial charge < -0.3 is 10.2 Å². The van der Waals surface area contributed by atoms with Crippen molar-refractivity contribution in [2.24, 2.45) is 0 Å². The molecule has 23 heavy (non-hydrogen) atoms. The van der Waals surface area contributed by atoms with Crippen LogP contribution in [-0.2, 0) is 0 Å². The number of anilines is 3. The SMILES string of the molecule is CCN(CC)c1ccc(-c2csc(Nc3ccccc3)n2)cc1. The number of rotatable bonds is 6. The van der Waals surface area contributed by atoms with Gasteiger partial charge in [0.25, 0.3) is 0 Å². The van der Waals surface area contributed by atoms with Crippen LogP contribution in [-0.4, -0.2) is 18.1 Å². The van der Waals surface area contributed by atoms with Crippen molar-refractivity contribution in [2.45, 2.75) is 13.8 Å². The topological polar surface area (TPSA) is 28.2 Å². The van der Waals surface area contributed by atoms with Gasteiger partial charge in [0.05, 0.1) is 5.69 Å². The maximum absolute atomic E-state index is 4.68. The molecule has 1 aromatic heterocycles. The van der Waals surface area contributed by atoms with E-state index in [1.165, 1.54) is 5.69 Å². The molecule has 1 heterocycles. The highest BCUT2D eigenvalue weighted by Gasteiger charge is 2.06. The van der Waals surface area contributed by atoms with Gasteiger partial charge in [-0.25, -0.2) is 4.98 Å². The molecule has 0 spiro atoms. The van der Waals surface area contributed by atoms with Crippen LogP contribution in [0.5, 0.6) is 0 Å². The molecule has 3 aromatic rings. The van der Waals surface area contributed by atoms with E-state index in [0.717, 1.165) is 35.2 Å². The molecule has 0 saturated heterocycles. The van der Waals surface area contributed by atoms with E-state index in [4.69, 9.17) is 0 Å². The van der Waals surface area contributed by atoms with E-state index in [9.17, 15) is 0 Å². The van der Waals surface area contributed by atoms with Gasteiger partial charge in [0.2, 0.25) is 0 Å². The molecule has 118 valence electrons. The summed E-state index contributed by atoms with van der Waals surface area (Å²) in [5.74, 6) is 0. The van der Waals surface area contributed by atoms with E-state index >= 15 is 0 Å². The molecular formula is C19H21N3S. The summed E-state index contributed by atoms with van der Waals surface area (Å²) in [7, 11) is 0. The summed E-state index contributed by atoms with van der Waals surface area (Å²) in [6, 6.07) is 18.8. The van der Waals surface area contributed by atoms with E-state index in [0.29, 0.717) is 0 Å². The van der Waals surface area contributed by atoms with Gasteiger partial charge in [0.15, 0.2) is 5.13 Å². The second kappa shape index (κ2) is 7.29. The Morgan fingerprint density at radius 3 is 2.30 bits per heavy atom. The second-order valence-electron chi connectivity index (χ2n) is 5.25. The summed E-state index contributed by atoms with van der Waals surface area (Å²) in [6.45, 7) is 6.41. The zero-order chi connectivity index (χ0) is 16.1. The fourth-order valence-corrected chi connectivity index (χ4v) is 3.28. The number of thiazole rings is 1. The normalized spacial score (nSPS) is 10.5. The molecule has 0 unspecified atom stereocenters. The van der Waals surface area contributed by atoms with Crippen molar-refractivity contribution in [1.82, 2.24) is 4.98 Å². The third kappa shape index (κ3) is 3.71. The van der Waals surface area contributed by atoms with Crippen LogP contribution in [0.1, 0.15) is 13.8 Å². The van der Waals surface area contributed by atoms with Crippen LogP contribution >= 0.6 is 11.3 Å². The summed E-state index contributed by atoms with van der Waals surface area (Å²) in [6.07, 6.45) is 0. The van der Waals surface area contributed by atoms with Gasteiger partial charge in [-0.3, -0.25) is 0 Å². The third-order valence-corrected chi connectivity index (χ3v) is 4.58. The first-order valence-corrected chi connectivity index (χ1v) is 8.81. The van der Waals surface area contributed by atoms with Crippen LogP contribution in [0, 0.1) is 0 Å². The number of hydrogen-bond acceptors (Lipinski definition) is 4. The molecule has 1 N–H and O–H groups in total. The number of nitrogens with zero attached hydrogens (tertiary/aromatic N) is 2. The predicted molar refractivity (Wildman–Crippen MR) is 101 cm³/mol. The summed E-state index contributed by atoms with van der Waals surface area (Å²) in [5.41, 5.74) is 4.49. The highest BCUT2D eigenvalue weighted by molar-refractivity contribution is 7.14. The highest BCUT2D eigenvalue weighted by atomic mass is 32.1. The largest absolute Gasteiger partial charge is 0.372 e. The third-order valence-electron chi connectivity index (χ3n) is 3.82. The van der Waals surface area contributed by atoms with E-state index in [1.807, 2.05) is 30.3 Å². The van der Waals surface area contributed by atoms with Gasteiger partial charge in [-0.1, -0.05) is 30.3 Å². The standard InChI is InChI=1S/C19H21N3S/c1-3-22(4-2)17-12-10-15(11-13-17)18-14-23-19(21-18)20-16-8-6-5-7-9-16/h5-14H,3-4H2,1-2H3,(H,20,21). The summed E-state index contributed by atoms with van der Waals surface area (Å²) in [4.78, 5) is 7.02. The second-order valence-corrected chi connectivity index (χ2v) is 6.11. The Hall–Kier alpha value is -2.33. The molecule has 0 radical (unpaired) electrons. The average molecular weight is 323 g/mol. The monoisotopic (exact) mass is 323 g/mol. The van der Waals surface area contributed by atoms with Gasteiger partial charge >= 0.3 is 0 Å². The van der Waals surface area contributed by atoms with Crippen LogP contribution in [0.15, 0.2) is 60.0 Å². The lowest BCUT2D eigenvalue weighted by atomic mass is 10.1. The lowest BCUT2D eigenvalue weighted by Gasteiger charge is -2.20. The Kier molecular flexibility index (Phi) is 4.93. The lowest BCUT2D eigenvalue weighted by Crippen LogP contribution is -2.21. The Balaban J connectivity index is 1.75. The molecule has 0 amide bonds. The van der Waals surface area contributed by atoms with Crippen molar-refractivity contribution < 1.29 is 0 Å². The molecule has 0 fully saturated rings. The summed E-state index contributed by atoms with van der Waals surface area (Å²) in [5, 5.41) is 6.35. The quantitative estimate of drug-likeness (QED) is 0.658. The molecule has 0 aliphatic heterocycles. The smallest absolute Gasteiger partial charge is 0.187 e. The maximum atomic E-state index is 4.68. The first-order valence-electron chi connectivity index (χ1n) is 7.93. The van der Waals surface area contributed by atoms with Crippen molar-refractivity contribution in [1.29, 1.82) is 0 Å². The van der Waals surface area contributed by atoms with E-state index < -0.39 is 0 Å².